The summed E-state index contributed by atoms with van der Waals surface area (Å²) in [4.78, 5) is 10.7. The van der Waals surface area contributed by atoms with Gasteiger partial charge < -0.3 is 15.8 Å². The van der Waals surface area contributed by atoms with Crippen LogP contribution in [0.5, 0.6) is 5.75 Å². The van der Waals surface area contributed by atoms with Crippen LogP contribution in [0.15, 0.2) is 24.3 Å². The molecule has 3 N–H and O–H groups in total. The van der Waals surface area contributed by atoms with E-state index in [4.69, 9.17) is 10.5 Å². The molecular weight excluding hydrogens is 216 g/mol. The number of ether oxygens (including phenoxy) is 1. The molecule has 1 aromatic carbocycles. The van der Waals surface area contributed by atoms with Crippen molar-refractivity contribution in [2.24, 2.45) is 5.73 Å². The van der Waals surface area contributed by atoms with E-state index in [-0.39, 0.29) is 12.1 Å². The highest BCUT2D eigenvalue weighted by atomic mass is 16.5. The van der Waals surface area contributed by atoms with Crippen LogP contribution in [0.1, 0.15) is 26.3 Å². The molecule has 0 saturated heterocycles. The lowest BCUT2D eigenvalue weighted by molar-refractivity contribution is -0.119. The molecule has 1 rings (SSSR count). The third kappa shape index (κ3) is 5.36. The zero-order valence-corrected chi connectivity index (χ0v) is 10.6. The first-order valence-corrected chi connectivity index (χ1v) is 5.62. The third-order valence-electron chi connectivity index (χ3n) is 2.15. The Bertz CT molecular complexity index is 383. The highest BCUT2D eigenvalue weighted by Crippen LogP contribution is 2.18. The molecule has 0 heterocycles. The maximum Gasteiger partial charge on any atom is 0.255 e. The Kier molecular flexibility index (Phi) is 4.52. The van der Waals surface area contributed by atoms with Gasteiger partial charge in [-0.15, -0.1) is 0 Å². The first kappa shape index (κ1) is 13.5. The topological polar surface area (TPSA) is 64.3 Å². The average molecular weight is 236 g/mol. The summed E-state index contributed by atoms with van der Waals surface area (Å²) in [5, 5.41) is 3.37. The van der Waals surface area contributed by atoms with Gasteiger partial charge in [-0.05, 0) is 26.8 Å². The number of hydrogen-bond donors (Lipinski definition) is 2. The van der Waals surface area contributed by atoms with Crippen LogP contribution in [0.25, 0.3) is 0 Å². The number of carbonyl (C=O) groups is 1. The number of carbonyl (C=O) groups excluding carboxylic acids is 1. The van der Waals surface area contributed by atoms with E-state index in [1.54, 1.807) is 0 Å². The van der Waals surface area contributed by atoms with Crippen molar-refractivity contribution < 1.29 is 9.53 Å². The standard InChI is InChI=1S/C13H20N2O2/c1-13(2,3)15-8-10-6-4-5-7-11(10)17-9-12(14)16/h4-7,15H,8-9H2,1-3H3,(H2,14,16). The molecule has 0 unspecified atom stereocenters. The summed E-state index contributed by atoms with van der Waals surface area (Å²) in [6, 6.07) is 7.62. The molecule has 0 aliphatic rings. The summed E-state index contributed by atoms with van der Waals surface area (Å²) in [5.74, 6) is 0.228. The number of amides is 1. The van der Waals surface area contributed by atoms with Crippen LogP contribution in [0, 0.1) is 0 Å². The Hall–Kier alpha value is -1.55. The van der Waals surface area contributed by atoms with Crippen molar-refractivity contribution in [3.63, 3.8) is 0 Å². The van der Waals surface area contributed by atoms with E-state index in [9.17, 15) is 4.79 Å². The second-order valence-corrected chi connectivity index (χ2v) is 4.97. The van der Waals surface area contributed by atoms with E-state index < -0.39 is 5.91 Å². The minimum absolute atomic E-state index is 0.0385. The lowest BCUT2D eigenvalue weighted by atomic mass is 10.1. The Labute approximate surface area is 102 Å². The normalized spacial score (nSPS) is 11.2. The smallest absolute Gasteiger partial charge is 0.255 e. The molecular formula is C13H20N2O2. The summed E-state index contributed by atoms with van der Waals surface area (Å²) in [7, 11) is 0. The Morgan fingerprint density at radius 1 is 1.35 bits per heavy atom. The largest absolute Gasteiger partial charge is 0.483 e. The van der Waals surface area contributed by atoms with E-state index in [1.165, 1.54) is 0 Å². The summed E-state index contributed by atoms with van der Waals surface area (Å²) < 4.78 is 5.35. The minimum Gasteiger partial charge on any atom is -0.483 e. The fraction of sp³-hybridized carbons (Fsp3) is 0.462. The highest BCUT2D eigenvalue weighted by molar-refractivity contribution is 5.75. The van der Waals surface area contributed by atoms with Crippen LogP contribution in [-0.2, 0) is 11.3 Å². The van der Waals surface area contributed by atoms with Crippen LogP contribution in [0.2, 0.25) is 0 Å². The van der Waals surface area contributed by atoms with Crippen molar-refractivity contribution in [1.29, 1.82) is 0 Å². The van der Waals surface area contributed by atoms with Crippen molar-refractivity contribution in [3.8, 4) is 5.75 Å². The zero-order chi connectivity index (χ0) is 12.9. The van der Waals surface area contributed by atoms with Crippen LogP contribution in [0.3, 0.4) is 0 Å². The number of nitrogens with one attached hydrogen (secondary N) is 1. The fourth-order valence-corrected chi connectivity index (χ4v) is 1.30. The average Bonchev–Trinajstić information content (AvgIpc) is 2.23. The second kappa shape index (κ2) is 5.68. The summed E-state index contributed by atoms with van der Waals surface area (Å²) in [6.07, 6.45) is 0. The molecule has 4 nitrogen and oxygen atoms in total. The van der Waals surface area contributed by atoms with Crippen molar-refractivity contribution in [3.05, 3.63) is 29.8 Å². The molecule has 0 saturated carbocycles. The number of para-hydroxylation sites is 1. The van der Waals surface area contributed by atoms with Gasteiger partial charge in [-0.25, -0.2) is 0 Å². The lowest BCUT2D eigenvalue weighted by Crippen LogP contribution is -2.35. The van der Waals surface area contributed by atoms with Crippen LogP contribution in [-0.4, -0.2) is 18.1 Å². The Morgan fingerprint density at radius 2 is 2.00 bits per heavy atom. The van der Waals surface area contributed by atoms with E-state index in [0.29, 0.717) is 12.3 Å². The maximum absolute atomic E-state index is 10.7. The molecule has 1 amide bonds. The van der Waals surface area contributed by atoms with E-state index in [2.05, 4.69) is 26.1 Å². The third-order valence-corrected chi connectivity index (χ3v) is 2.15. The van der Waals surface area contributed by atoms with Gasteiger partial charge in [0.1, 0.15) is 5.75 Å². The number of primary amides is 1. The maximum atomic E-state index is 10.7. The van der Waals surface area contributed by atoms with Crippen molar-refractivity contribution in [1.82, 2.24) is 5.32 Å². The monoisotopic (exact) mass is 236 g/mol. The Balaban J connectivity index is 2.67. The summed E-state index contributed by atoms with van der Waals surface area (Å²) in [5.41, 5.74) is 6.11. The predicted molar refractivity (Wildman–Crippen MR) is 67.7 cm³/mol. The molecule has 94 valence electrons. The molecule has 0 aliphatic heterocycles. The van der Waals surface area contributed by atoms with Gasteiger partial charge in [-0.3, -0.25) is 4.79 Å². The van der Waals surface area contributed by atoms with E-state index in [1.807, 2.05) is 24.3 Å². The Morgan fingerprint density at radius 3 is 2.59 bits per heavy atom. The molecule has 1 aromatic rings. The highest BCUT2D eigenvalue weighted by Gasteiger charge is 2.10. The van der Waals surface area contributed by atoms with Gasteiger partial charge in [0.05, 0.1) is 0 Å². The molecule has 0 radical (unpaired) electrons. The van der Waals surface area contributed by atoms with Gasteiger partial charge in [-0.2, -0.15) is 0 Å². The lowest BCUT2D eigenvalue weighted by Gasteiger charge is -2.21. The molecule has 17 heavy (non-hydrogen) atoms. The molecule has 0 aromatic heterocycles. The SMILES string of the molecule is CC(C)(C)NCc1ccccc1OCC(N)=O. The van der Waals surface area contributed by atoms with Crippen molar-refractivity contribution in [2.45, 2.75) is 32.9 Å². The first-order chi connectivity index (χ1) is 7.88. The van der Waals surface area contributed by atoms with Crippen molar-refractivity contribution in [2.75, 3.05) is 6.61 Å². The van der Waals surface area contributed by atoms with Crippen LogP contribution >= 0.6 is 0 Å². The van der Waals surface area contributed by atoms with E-state index in [0.717, 1.165) is 5.56 Å². The fourth-order valence-electron chi connectivity index (χ4n) is 1.30. The van der Waals surface area contributed by atoms with Crippen LogP contribution < -0.4 is 15.8 Å². The number of benzene rings is 1. The molecule has 4 heteroatoms. The molecule has 0 aliphatic carbocycles. The number of nitrogens with two attached hydrogens (primary N) is 1. The zero-order valence-electron chi connectivity index (χ0n) is 10.6. The molecule has 0 bridgehead atoms. The molecule has 0 fully saturated rings. The minimum atomic E-state index is -0.469. The van der Waals surface area contributed by atoms with Gasteiger partial charge in [0.2, 0.25) is 0 Å². The first-order valence-electron chi connectivity index (χ1n) is 5.62. The van der Waals surface area contributed by atoms with Gasteiger partial charge in [0, 0.05) is 17.6 Å². The van der Waals surface area contributed by atoms with Gasteiger partial charge in [0.25, 0.3) is 5.91 Å². The van der Waals surface area contributed by atoms with Gasteiger partial charge >= 0.3 is 0 Å². The van der Waals surface area contributed by atoms with Crippen LogP contribution in [0.4, 0.5) is 0 Å². The molecule has 0 atom stereocenters. The number of hydrogen-bond acceptors (Lipinski definition) is 3. The summed E-state index contributed by atoms with van der Waals surface area (Å²) >= 11 is 0. The predicted octanol–water partition coefficient (Wildman–Crippen LogP) is 1.44. The summed E-state index contributed by atoms with van der Waals surface area (Å²) in [6.45, 7) is 6.89. The van der Waals surface area contributed by atoms with Gasteiger partial charge in [0.15, 0.2) is 6.61 Å². The van der Waals surface area contributed by atoms with E-state index >= 15 is 0 Å². The quantitative estimate of drug-likeness (QED) is 0.813. The second-order valence-electron chi connectivity index (χ2n) is 4.97. The number of rotatable bonds is 5. The van der Waals surface area contributed by atoms with Gasteiger partial charge in [-0.1, -0.05) is 18.2 Å². The van der Waals surface area contributed by atoms with Crippen molar-refractivity contribution >= 4 is 5.91 Å². The molecule has 0 spiro atoms.